The summed E-state index contributed by atoms with van der Waals surface area (Å²) < 4.78 is 39.3. The van der Waals surface area contributed by atoms with Crippen molar-refractivity contribution in [3.8, 4) is 0 Å². The van der Waals surface area contributed by atoms with Crippen molar-refractivity contribution in [1.82, 2.24) is 0 Å². The number of hydrogen-bond donors (Lipinski definition) is 1. The van der Waals surface area contributed by atoms with Crippen LogP contribution in [0.4, 0.5) is 24.5 Å². The van der Waals surface area contributed by atoms with E-state index in [1.165, 1.54) is 11.9 Å². The Morgan fingerprint density at radius 1 is 1.00 bits per heavy atom. The van der Waals surface area contributed by atoms with Gasteiger partial charge >= 0.3 is 0 Å². The summed E-state index contributed by atoms with van der Waals surface area (Å²) >= 11 is 0. The number of nitrogens with one attached hydrogen (secondary N) is 1. The second-order valence-corrected chi connectivity index (χ2v) is 4.74. The third kappa shape index (κ3) is 3.88. The lowest BCUT2D eigenvalue weighted by Crippen LogP contribution is -2.30. The molecule has 0 aromatic heterocycles. The van der Waals surface area contributed by atoms with Crippen molar-refractivity contribution in [2.24, 2.45) is 0 Å². The Labute approximate surface area is 130 Å². The van der Waals surface area contributed by atoms with Crippen LogP contribution in [0.15, 0.2) is 42.5 Å². The fraction of sp³-hybridized carbons (Fsp3) is 0.125. The summed E-state index contributed by atoms with van der Waals surface area (Å²) in [7, 11) is 1.49. The Kier molecular flexibility index (Phi) is 5.00. The van der Waals surface area contributed by atoms with Gasteiger partial charge in [-0.2, -0.15) is 0 Å². The highest BCUT2D eigenvalue weighted by atomic mass is 19.2. The van der Waals surface area contributed by atoms with E-state index in [1.54, 1.807) is 30.3 Å². The minimum atomic E-state index is -1.68. The van der Waals surface area contributed by atoms with Gasteiger partial charge in [0.15, 0.2) is 17.5 Å². The van der Waals surface area contributed by atoms with Gasteiger partial charge in [0.1, 0.15) is 6.42 Å². The van der Waals surface area contributed by atoms with E-state index in [0.29, 0.717) is 11.8 Å². The molecule has 0 aliphatic heterocycles. The minimum absolute atomic E-state index is 0.524. The molecule has 4 nitrogen and oxygen atoms in total. The summed E-state index contributed by atoms with van der Waals surface area (Å²) in [6.45, 7) is 0. The summed E-state index contributed by atoms with van der Waals surface area (Å²) in [5.41, 5.74) is 0.0633. The largest absolute Gasteiger partial charge is 0.323 e. The molecule has 2 rings (SSSR count). The molecule has 0 aliphatic carbocycles. The van der Waals surface area contributed by atoms with E-state index in [4.69, 9.17) is 0 Å². The molecule has 0 spiro atoms. The maximum absolute atomic E-state index is 13.5. The fourth-order valence-electron chi connectivity index (χ4n) is 1.87. The lowest BCUT2D eigenvalue weighted by Gasteiger charge is -2.17. The van der Waals surface area contributed by atoms with Crippen molar-refractivity contribution in [1.29, 1.82) is 0 Å². The monoisotopic (exact) mass is 322 g/mol. The predicted molar refractivity (Wildman–Crippen MR) is 79.4 cm³/mol. The van der Waals surface area contributed by atoms with E-state index in [9.17, 15) is 22.8 Å². The van der Waals surface area contributed by atoms with Gasteiger partial charge in [-0.15, -0.1) is 0 Å². The molecule has 0 saturated heterocycles. The molecule has 0 fully saturated rings. The molecule has 23 heavy (non-hydrogen) atoms. The Bertz CT molecular complexity index is 736. The van der Waals surface area contributed by atoms with Crippen LogP contribution in [0.5, 0.6) is 0 Å². The van der Waals surface area contributed by atoms with Crippen LogP contribution in [0.3, 0.4) is 0 Å². The number of carbonyl (C=O) groups excluding carboxylic acids is 2. The maximum atomic E-state index is 13.5. The molecule has 2 aromatic rings. The highest BCUT2D eigenvalue weighted by Crippen LogP contribution is 2.20. The zero-order valence-electron chi connectivity index (χ0n) is 12.1. The maximum Gasteiger partial charge on any atom is 0.236 e. The van der Waals surface area contributed by atoms with Crippen LogP contribution >= 0.6 is 0 Å². The molecule has 0 unspecified atom stereocenters. The van der Waals surface area contributed by atoms with Crippen LogP contribution in [-0.2, 0) is 9.59 Å². The molecule has 0 atom stereocenters. The van der Waals surface area contributed by atoms with E-state index in [1.807, 2.05) is 5.32 Å². The van der Waals surface area contributed by atoms with Gasteiger partial charge in [0, 0.05) is 12.7 Å². The van der Waals surface area contributed by atoms with E-state index in [0.717, 1.165) is 6.07 Å². The zero-order chi connectivity index (χ0) is 17.0. The van der Waals surface area contributed by atoms with Gasteiger partial charge < -0.3 is 10.2 Å². The number of para-hydroxylation sites is 1. The number of rotatable bonds is 4. The van der Waals surface area contributed by atoms with Crippen LogP contribution < -0.4 is 10.2 Å². The second kappa shape index (κ2) is 6.95. The van der Waals surface area contributed by atoms with Gasteiger partial charge in [0.05, 0.1) is 5.69 Å². The minimum Gasteiger partial charge on any atom is -0.323 e. The Morgan fingerprint density at radius 2 is 1.65 bits per heavy atom. The molecule has 0 aliphatic rings. The van der Waals surface area contributed by atoms with Gasteiger partial charge in [-0.05, 0) is 24.3 Å². The highest BCUT2D eigenvalue weighted by Gasteiger charge is 2.18. The SMILES string of the molecule is CN(C(=O)CC(=O)Nc1ccc(F)c(F)c1F)c1ccccc1. The Morgan fingerprint density at radius 3 is 2.30 bits per heavy atom. The molecule has 0 bridgehead atoms. The molecule has 1 N–H and O–H groups in total. The molecule has 0 saturated carbocycles. The fourth-order valence-corrected chi connectivity index (χ4v) is 1.87. The van der Waals surface area contributed by atoms with Crippen LogP contribution in [0.1, 0.15) is 6.42 Å². The zero-order valence-corrected chi connectivity index (χ0v) is 12.1. The number of amides is 2. The van der Waals surface area contributed by atoms with Crippen LogP contribution in [-0.4, -0.2) is 18.9 Å². The van der Waals surface area contributed by atoms with E-state index in [2.05, 4.69) is 0 Å². The van der Waals surface area contributed by atoms with Gasteiger partial charge in [0.2, 0.25) is 11.8 Å². The summed E-state index contributed by atoms with van der Waals surface area (Å²) in [6.07, 6.45) is -0.566. The normalized spacial score (nSPS) is 10.3. The third-order valence-electron chi connectivity index (χ3n) is 3.14. The predicted octanol–water partition coefficient (Wildman–Crippen LogP) is 3.10. The second-order valence-electron chi connectivity index (χ2n) is 4.74. The quantitative estimate of drug-likeness (QED) is 0.695. The molecule has 2 amide bonds. The van der Waals surface area contributed by atoms with Crippen molar-refractivity contribution < 1.29 is 22.8 Å². The van der Waals surface area contributed by atoms with Crippen LogP contribution in [0.2, 0.25) is 0 Å². The highest BCUT2D eigenvalue weighted by molar-refractivity contribution is 6.08. The smallest absolute Gasteiger partial charge is 0.236 e. The number of carbonyl (C=O) groups is 2. The first kappa shape index (κ1) is 16.5. The molecule has 2 aromatic carbocycles. The standard InChI is InChI=1S/C16H13F3N2O2/c1-21(10-5-3-2-4-6-10)14(23)9-13(22)20-12-8-7-11(17)15(18)16(12)19/h2-8H,9H2,1H3,(H,20,22). The summed E-state index contributed by atoms with van der Waals surface area (Å²) in [6, 6.07) is 10.2. The van der Waals surface area contributed by atoms with Crippen molar-refractivity contribution >= 4 is 23.2 Å². The molecule has 0 radical (unpaired) electrons. The molecular weight excluding hydrogens is 309 g/mol. The van der Waals surface area contributed by atoms with E-state index >= 15 is 0 Å². The van der Waals surface area contributed by atoms with Crippen molar-refractivity contribution in [3.63, 3.8) is 0 Å². The van der Waals surface area contributed by atoms with Gasteiger partial charge in [-0.25, -0.2) is 13.2 Å². The number of hydrogen-bond acceptors (Lipinski definition) is 2. The molecule has 7 heteroatoms. The lowest BCUT2D eigenvalue weighted by atomic mass is 10.2. The molecule has 120 valence electrons. The van der Waals surface area contributed by atoms with Crippen molar-refractivity contribution in [2.75, 3.05) is 17.3 Å². The first-order valence-electron chi connectivity index (χ1n) is 6.65. The first-order valence-corrected chi connectivity index (χ1v) is 6.65. The molecular formula is C16H13F3N2O2. The average Bonchev–Trinajstić information content (AvgIpc) is 2.55. The van der Waals surface area contributed by atoms with Crippen LogP contribution in [0.25, 0.3) is 0 Å². The summed E-state index contributed by atoms with van der Waals surface area (Å²) in [5, 5.41) is 2.05. The van der Waals surface area contributed by atoms with Gasteiger partial charge in [-0.3, -0.25) is 9.59 Å². The van der Waals surface area contributed by atoms with Gasteiger partial charge in [-0.1, -0.05) is 18.2 Å². The van der Waals surface area contributed by atoms with Gasteiger partial charge in [0.25, 0.3) is 0 Å². The van der Waals surface area contributed by atoms with Crippen LogP contribution in [0, 0.1) is 17.5 Å². The summed E-state index contributed by atoms with van der Waals surface area (Å²) in [4.78, 5) is 25.0. The van der Waals surface area contributed by atoms with Crippen molar-refractivity contribution in [2.45, 2.75) is 6.42 Å². The molecule has 0 heterocycles. The van der Waals surface area contributed by atoms with Crippen molar-refractivity contribution in [3.05, 3.63) is 59.9 Å². The Hall–Kier alpha value is -2.83. The number of anilines is 2. The van der Waals surface area contributed by atoms with E-state index in [-0.39, 0.29) is 0 Å². The number of benzene rings is 2. The topological polar surface area (TPSA) is 49.4 Å². The lowest BCUT2D eigenvalue weighted by molar-refractivity contribution is -0.125. The number of halogens is 3. The third-order valence-corrected chi connectivity index (χ3v) is 3.14. The Balaban J connectivity index is 2.02. The average molecular weight is 322 g/mol. The number of nitrogens with zero attached hydrogens (tertiary/aromatic N) is 1. The summed E-state index contributed by atoms with van der Waals surface area (Å²) in [5.74, 6) is -5.92. The van der Waals surface area contributed by atoms with E-state index < -0.39 is 41.4 Å². The first-order chi connectivity index (χ1) is 10.9.